The van der Waals surface area contributed by atoms with Gasteiger partial charge in [0, 0.05) is 6.54 Å². The molecule has 1 saturated heterocycles. The molecule has 0 amide bonds. The van der Waals surface area contributed by atoms with E-state index in [-0.39, 0.29) is 0 Å². The topological polar surface area (TPSA) is 30.5 Å². The summed E-state index contributed by atoms with van der Waals surface area (Å²) in [4.78, 5) is 0. The summed E-state index contributed by atoms with van der Waals surface area (Å²) >= 11 is 0. The van der Waals surface area contributed by atoms with E-state index in [9.17, 15) is 0 Å². The lowest BCUT2D eigenvalue weighted by molar-refractivity contribution is -0.154. The minimum atomic E-state index is 0.356. The first kappa shape index (κ1) is 9.96. The lowest BCUT2D eigenvalue weighted by Crippen LogP contribution is -2.41. The third-order valence-corrected chi connectivity index (χ3v) is 2.03. The van der Waals surface area contributed by atoms with Crippen LogP contribution >= 0.6 is 0 Å². The number of nitrogens with one attached hydrogen (secondary N) is 1. The van der Waals surface area contributed by atoms with Crippen molar-refractivity contribution in [3.63, 3.8) is 0 Å². The summed E-state index contributed by atoms with van der Waals surface area (Å²) in [5.74, 6) is 0. The van der Waals surface area contributed by atoms with E-state index < -0.39 is 0 Å². The van der Waals surface area contributed by atoms with Gasteiger partial charge in [-0.05, 0) is 13.5 Å². The van der Waals surface area contributed by atoms with E-state index in [1.54, 1.807) is 0 Å². The minimum absolute atomic E-state index is 0.356. The molecule has 3 heteroatoms. The fourth-order valence-corrected chi connectivity index (χ4v) is 1.33. The molecule has 0 aliphatic carbocycles. The predicted molar refractivity (Wildman–Crippen MR) is 48.3 cm³/mol. The molecule has 12 heavy (non-hydrogen) atoms. The van der Waals surface area contributed by atoms with Crippen LogP contribution in [0.5, 0.6) is 0 Å². The molecule has 1 atom stereocenters. The Kier molecular flexibility index (Phi) is 4.58. The maximum Gasteiger partial charge on any atom is 0.105 e. The molecule has 1 heterocycles. The molecule has 0 aromatic rings. The molecule has 1 aliphatic rings. The van der Waals surface area contributed by atoms with Gasteiger partial charge in [0.15, 0.2) is 0 Å². The molecule has 1 unspecified atom stereocenters. The van der Waals surface area contributed by atoms with Crippen LogP contribution in [0.3, 0.4) is 0 Å². The van der Waals surface area contributed by atoms with Crippen molar-refractivity contribution in [2.45, 2.75) is 32.0 Å². The van der Waals surface area contributed by atoms with Crippen LogP contribution in [-0.2, 0) is 9.47 Å². The zero-order chi connectivity index (χ0) is 8.81. The van der Waals surface area contributed by atoms with Gasteiger partial charge < -0.3 is 14.8 Å². The van der Waals surface area contributed by atoms with Gasteiger partial charge in [-0.1, -0.05) is 13.3 Å². The monoisotopic (exact) mass is 173 g/mol. The molecule has 0 bridgehead atoms. The Hall–Kier alpha value is -0.120. The largest absolute Gasteiger partial charge is 0.376 e. The highest BCUT2D eigenvalue weighted by Gasteiger charge is 2.22. The van der Waals surface area contributed by atoms with Gasteiger partial charge in [-0.3, -0.25) is 0 Å². The van der Waals surface area contributed by atoms with Gasteiger partial charge in [0.05, 0.1) is 19.3 Å². The number of ether oxygens (including phenoxy) is 2. The van der Waals surface area contributed by atoms with Crippen LogP contribution in [-0.4, -0.2) is 39.0 Å². The van der Waals surface area contributed by atoms with Crippen molar-refractivity contribution in [2.24, 2.45) is 0 Å². The lowest BCUT2D eigenvalue weighted by Gasteiger charge is -2.30. The van der Waals surface area contributed by atoms with Gasteiger partial charge in [0.2, 0.25) is 0 Å². The Balaban J connectivity index is 2.11. The Morgan fingerprint density at radius 2 is 2.33 bits per heavy atom. The van der Waals surface area contributed by atoms with Crippen molar-refractivity contribution in [3.05, 3.63) is 0 Å². The zero-order valence-electron chi connectivity index (χ0n) is 8.01. The average Bonchev–Trinajstić information content (AvgIpc) is 1.97. The molecule has 72 valence electrons. The third-order valence-electron chi connectivity index (χ3n) is 2.03. The molecule has 0 spiro atoms. The van der Waals surface area contributed by atoms with Gasteiger partial charge in [-0.2, -0.15) is 0 Å². The van der Waals surface area contributed by atoms with E-state index in [1.165, 1.54) is 6.42 Å². The van der Waals surface area contributed by atoms with Crippen molar-refractivity contribution in [1.82, 2.24) is 5.32 Å². The summed E-state index contributed by atoms with van der Waals surface area (Å²) in [6.07, 6.45) is 3.04. The highest BCUT2D eigenvalue weighted by molar-refractivity contribution is 4.69. The zero-order valence-corrected chi connectivity index (χ0v) is 8.01. The minimum Gasteiger partial charge on any atom is -0.376 e. The van der Waals surface area contributed by atoms with Crippen molar-refractivity contribution < 1.29 is 9.47 Å². The Bertz CT molecular complexity index is 109. The molecule has 0 saturated carbocycles. The molecular formula is C9H19NO2. The average molecular weight is 173 g/mol. The normalized spacial score (nSPS) is 20.5. The standard InChI is InChI=1S/C9H19NO2/c1-3-4-8(5-10-2)12-9-6-11-7-9/h8-10H,3-7H2,1-2H3. The quantitative estimate of drug-likeness (QED) is 0.644. The van der Waals surface area contributed by atoms with E-state index >= 15 is 0 Å². The second-order valence-electron chi connectivity index (χ2n) is 3.26. The summed E-state index contributed by atoms with van der Waals surface area (Å²) in [5.41, 5.74) is 0. The number of hydrogen-bond donors (Lipinski definition) is 1. The van der Waals surface area contributed by atoms with E-state index in [0.29, 0.717) is 12.2 Å². The van der Waals surface area contributed by atoms with Crippen molar-refractivity contribution in [1.29, 1.82) is 0 Å². The van der Waals surface area contributed by atoms with E-state index in [1.807, 2.05) is 7.05 Å². The fourth-order valence-electron chi connectivity index (χ4n) is 1.33. The summed E-state index contributed by atoms with van der Waals surface area (Å²) in [6.45, 7) is 4.70. The van der Waals surface area contributed by atoms with Crippen LogP contribution < -0.4 is 5.32 Å². The van der Waals surface area contributed by atoms with Gasteiger partial charge in [0.25, 0.3) is 0 Å². The Morgan fingerprint density at radius 3 is 2.75 bits per heavy atom. The van der Waals surface area contributed by atoms with Crippen LogP contribution in [0.1, 0.15) is 19.8 Å². The smallest absolute Gasteiger partial charge is 0.105 e. The maximum absolute atomic E-state index is 5.78. The van der Waals surface area contributed by atoms with Crippen molar-refractivity contribution in [3.8, 4) is 0 Å². The maximum atomic E-state index is 5.78. The SMILES string of the molecule is CCCC(CNC)OC1COC1. The third kappa shape index (κ3) is 3.09. The molecule has 1 rings (SSSR count). The van der Waals surface area contributed by atoms with E-state index in [0.717, 1.165) is 26.2 Å². The van der Waals surface area contributed by atoms with Crippen LogP contribution in [0.25, 0.3) is 0 Å². The van der Waals surface area contributed by atoms with Crippen LogP contribution in [0.4, 0.5) is 0 Å². The first-order chi connectivity index (χ1) is 5.86. The molecular weight excluding hydrogens is 154 g/mol. The first-order valence-electron chi connectivity index (χ1n) is 4.74. The molecule has 1 fully saturated rings. The molecule has 3 nitrogen and oxygen atoms in total. The highest BCUT2D eigenvalue weighted by atomic mass is 16.6. The molecule has 1 N–H and O–H groups in total. The number of likely N-dealkylation sites (N-methyl/N-ethyl adjacent to an activating group) is 1. The van der Waals surface area contributed by atoms with Crippen LogP contribution in [0.15, 0.2) is 0 Å². The molecule has 0 aromatic carbocycles. The van der Waals surface area contributed by atoms with Gasteiger partial charge in [-0.25, -0.2) is 0 Å². The number of hydrogen-bond acceptors (Lipinski definition) is 3. The van der Waals surface area contributed by atoms with E-state index in [4.69, 9.17) is 9.47 Å². The molecule has 1 aliphatic heterocycles. The van der Waals surface area contributed by atoms with E-state index in [2.05, 4.69) is 12.2 Å². The summed E-state index contributed by atoms with van der Waals surface area (Å²) in [6, 6.07) is 0. The Labute approximate surface area is 74.4 Å². The van der Waals surface area contributed by atoms with Gasteiger partial charge >= 0.3 is 0 Å². The second-order valence-corrected chi connectivity index (χ2v) is 3.26. The highest BCUT2D eigenvalue weighted by Crippen LogP contribution is 2.11. The lowest BCUT2D eigenvalue weighted by atomic mass is 10.2. The Morgan fingerprint density at radius 1 is 1.58 bits per heavy atom. The van der Waals surface area contributed by atoms with Crippen LogP contribution in [0.2, 0.25) is 0 Å². The van der Waals surface area contributed by atoms with Crippen LogP contribution in [0, 0.1) is 0 Å². The van der Waals surface area contributed by atoms with Gasteiger partial charge in [-0.15, -0.1) is 0 Å². The molecule has 0 radical (unpaired) electrons. The first-order valence-corrected chi connectivity index (χ1v) is 4.74. The fraction of sp³-hybridized carbons (Fsp3) is 1.00. The summed E-state index contributed by atoms with van der Waals surface area (Å²) in [7, 11) is 1.96. The van der Waals surface area contributed by atoms with Crippen molar-refractivity contribution in [2.75, 3.05) is 26.8 Å². The molecule has 0 aromatic heterocycles. The number of rotatable bonds is 6. The summed E-state index contributed by atoms with van der Waals surface area (Å²) in [5, 5.41) is 3.14. The van der Waals surface area contributed by atoms with Crippen molar-refractivity contribution >= 4 is 0 Å². The predicted octanol–water partition coefficient (Wildman–Crippen LogP) is 0.790. The summed E-state index contributed by atoms with van der Waals surface area (Å²) < 4.78 is 10.8. The van der Waals surface area contributed by atoms with Gasteiger partial charge in [0.1, 0.15) is 6.10 Å². The second kappa shape index (κ2) is 5.51.